The zero-order valence-electron chi connectivity index (χ0n) is 12.9. The van der Waals surface area contributed by atoms with Gasteiger partial charge in [0.15, 0.2) is 6.10 Å². The molecule has 0 fully saturated rings. The van der Waals surface area contributed by atoms with E-state index in [1.807, 2.05) is 6.07 Å². The van der Waals surface area contributed by atoms with Crippen molar-refractivity contribution < 1.29 is 13.9 Å². The van der Waals surface area contributed by atoms with E-state index in [9.17, 15) is 9.18 Å². The molecule has 0 N–H and O–H groups in total. The van der Waals surface area contributed by atoms with Gasteiger partial charge in [0.2, 0.25) is 0 Å². The highest BCUT2D eigenvalue weighted by atomic mass is 19.1. The average molecular weight is 311 g/mol. The molecule has 0 unspecified atom stereocenters. The zero-order chi connectivity index (χ0) is 16.7. The third kappa shape index (κ3) is 4.65. The fourth-order valence-corrected chi connectivity index (χ4v) is 2.32. The van der Waals surface area contributed by atoms with Crippen LogP contribution in [0.25, 0.3) is 0 Å². The highest BCUT2D eigenvalue weighted by Gasteiger charge is 2.20. The first-order valence-corrected chi connectivity index (χ1v) is 7.40. The van der Waals surface area contributed by atoms with E-state index in [2.05, 4.69) is 10.9 Å². The molecule has 2 rings (SSSR count). The van der Waals surface area contributed by atoms with Crippen molar-refractivity contribution in [2.24, 2.45) is 0 Å². The SMILES string of the molecule is C#CC[C@@H](OC(=O)C[C@@H](C)c1ccccc1F)c1ccccn1. The summed E-state index contributed by atoms with van der Waals surface area (Å²) in [6, 6.07) is 11.8. The molecule has 118 valence electrons. The van der Waals surface area contributed by atoms with Crippen LogP contribution in [0.3, 0.4) is 0 Å². The van der Waals surface area contributed by atoms with E-state index in [0.29, 0.717) is 11.3 Å². The minimum Gasteiger partial charge on any atom is -0.455 e. The van der Waals surface area contributed by atoms with E-state index >= 15 is 0 Å². The number of carbonyl (C=O) groups excluding carboxylic acids is 1. The van der Waals surface area contributed by atoms with Gasteiger partial charge >= 0.3 is 5.97 Å². The topological polar surface area (TPSA) is 39.2 Å². The van der Waals surface area contributed by atoms with E-state index in [1.54, 1.807) is 43.5 Å². The normalized spacial score (nSPS) is 12.9. The molecule has 23 heavy (non-hydrogen) atoms. The number of hydrogen-bond donors (Lipinski definition) is 0. The van der Waals surface area contributed by atoms with E-state index in [-0.39, 0.29) is 24.6 Å². The Balaban J connectivity index is 2.02. The van der Waals surface area contributed by atoms with Gasteiger partial charge in [-0.05, 0) is 29.7 Å². The smallest absolute Gasteiger partial charge is 0.307 e. The van der Waals surface area contributed by atoms with Crippen molar-refractivity contribution in [3.63, 3.8) is 0 Å². The second-order valence-electron chi connectivity index (χ2n) is 5.27. The third-order valence-corrected chi connectivity index (χ3v) is 3.50. The van der Waals surface area contributed by atoms with Gasteiger partial charge in [-0.2, -0.15) is 0 Å². The van der Waals surface area contributed by atoms with Crippen LogP contribution in [0.5, 0.6) is 0 Å². The Hall–Kier alpha value is -2.67. The summed E-state index contributed by atoms with van der Waals surface area (Å²) in [5.74, 6) is 1.46. The van der Waals surface area contributed by atoms with Crippen molar-refractivity contribution in [1.82, 2.24) is 4.98 Å². The minimum absolute atomic E-state index is 0.0782. The first kappa shape index (κ1) is 16.7. The molecule has 2 aromatic rings. The third-order valence-electron chi connectivity index (χ3n) is 3.50. The Kier molecular flexibility index (Phi) is 5.87. The van der Waals surface area contributed by atoms with E-state index in [1.165, 1.54) is 6.07 Å². The first-order valence-electron chi connectivity index (χ1n) is 7.40. The van der Waals surface area contributed by atoms with Gasteiger partial charge < -0.3 is 4.74 Å². The number of terminal acetylenes is 1. The fraction of sp³-hybridized carbons (Fsp3) is 0.263. The van der Waals surface area contributed by atoms with E-state index in [4.69, 9.17) is 11.2 Å². The van der Waals surface area contributed by atoms with Crippen LogP contribution in [0, 0.1) is 18.2 Å². The predicted octanol–water partition coefficient (Wildman–Crippen LogP) is 4.02. The van der Waals surface area contributed by atoms with Gasteiger partial charge in [-0.25, -0.2) is 4.39 Å². The van der Waals surface area contributed by atoms with E-state index in [0.717, 1.165) is 0 Å². The highest BCUT2D eigenvalue weighted by molar-refractivity contribution is 5.70. The predicted molar refractivity (Wildman–Crippen MR) is 86.0 cm³/mol. The van der Waals surface area contributed by atoms with Gasteiger partial charge in [-0.1, -0.05) is 31.2 Å². The number of halogens is 1. The van der Waals surface area contributed by atoms with E-state index < -0.39 is 12.1 Å². The number of aromatic nitrogens is 1. The molecule has 2 atom stereocenters. The molecule has 0 bridgehead atoms. The second kappa shape index (κ2) is 8.09. The van der Waals surface area contributed by atoms with Crippen molar-refractivity contribution in [1.29, 1.82) is 0 Å². The number of nitrogens with zero attached hydrogens (tertiary/aromatic N) is 1. The Morgan fingerprint density at radius 2 is 2.04 bits per heavy atom. The molecule has 0 spiro atoms. The number of pyridine rings is 1. The molecule has 0 saturated heterocycles. The lowest BCUT2D eigenvalue weighted by molar-refractivity contribution is -0.149. The molecule has 4 heteroatoms. The van der Waals surface area contributed by atoms with Crippen LogP contribution in [0.15, 0.2) is 48.7 Å². The van der Waals surface area contributed by atoms with Crippen LogP contribution in [0.4, 0.5) is 4.39 Å². The maximum absolute atomic E-state index is 13.8. The minimum atomic E-state index is -0.582. The van der Waals surface area contributed by atoms with Gasteiger partial charge in [0.05, 0.1) is 18.5 Å². The fourth-order valence-electron chi connectivity index (χ4n) is 2.32. The lowest BCUT2D eigenvalue weighted by Gasteiger charge is -2.17. The Morgan fingerprint density at radius 3 is 2.70 bits per heavy atom. The quantitative estimate of drug-likeness (QED) is 0.597. The summed E-state index contributed by atoms with van der Waals surface area (Å²) in [5.41, 5.74) is 1.10. The number of benzene rings is 1. The van der Waals surface area contributed by atoms with Gasteiger partial charge in [-0.15, -0.1) is 12.3 Å². The number of esters is 1. The van der Waals surface area contributed by atoms with Crippen molar-refractivity contribution in [3.05, 3.63) is 65.7 Å². The summed E-state index contributed by atoms with van der Waals surface area (Å²) in [6.45, 7) is 1.79. The molecule has 1 aromatic heterocycles. The Morgan fingerprint density at radius 1 is 1.30 bits per heavy atom. The van der Waals surface area contributed by atoms with Crippen LogP contribution in [0.2, 0.25) is 0 Å². The summed E-state index contributed by atoms with van der Waals surface area (Å²) in [6.07, 6.45) is 6.70. The molecular formula is C19H18FNO2. The maximum Gasteiger partial charge on any atom is 0.307 e. The van der Waals surface area contributed by atoms with Gasteiger partial charge in [0.1, 0.15) is 5.82 Å². The number of ether oxygens (including phenoxy) is 1. The van der Waals surface area contributed by atoms with Gasteiger partial charge in [0, 0.05) is 6.20 Å². The van der Waals surface area contributed by atoms with Gasteiger partial charge in [-0.3, -0.25) is 9.78 Å². The highest BCUT2D eigenvalue weighted by Crippen LogP contribution is 2.25. The monoisotopic (exact) mass is 311 g/mol. The molecule has 1 heterocycles. The molecule has 0 amide bonds. The van der Waals surface area contributed by atoms with Crippen LogP contribution in [0.1, 0.15) is 43.0 Å². The molecule has 0 radical (unpaired) electrons. The second-order valence-corrected chi connectivity index (χ2v) is 5.27. The summed E-state index contributed by atoms with van der Waals surface area (Å²) in [5, 5.41) is 0. The number of rotatable bonds is 6. The van der Waals surface area contributed by atoms with Crippen molar-refractivity contribution >= 4 is 5.97 Å². The first-order chi connectivity index (χ1) is 11.1. The number of hydrogen-bond acceptors (Lipinski definition) is 3. The number of carbonyl (C=O) groups is 1. The average Bonchev–Trinajstić information content (AvgIpc) is 2.55. The summed E-state index contributed by atoms with van der Waals surface area (Å²) in [7, 11) is 0. The molecular weight excluding hydrogens is 293 g/mol. The van der Waals surface area contributed by atoms with Crippen molar-refractivity contribution in [2.75, 3.05) is 0 Å². The summed E-state index contributed by atoms with van der Waals surface area (Å²) < 4.78 is 19.2. The Labute approximate surface area is 135 Å². The van der Waals surface area contributed by atoms with Crippen LogP contribution < -0.4 is 0 Å². The van der Waals surface area contributed by atoms with Crippen LogP contribution >= 0.6 is 0 Å². The van der Waals surface area contributed by atoms with Crippen molar-refractivity contribution in [3.8, 4) is 12.3 Å². The molecule has 0 saturated carbocycles. The van der Waals surface area contributed by atoms with Crippen LogP contribution in [-0.2, 0) is 9.53 Å². The zero-order valence-corrected chi connectivity index (χ0v) is 12.9. The Bertz CT molecular complexity index is 694. The maximum atomic E-state index is 13.8. The summed E-state index contributed by atoms with van der Waals surface area (Å²) in [4.78, 5) is 16.3. The lowest BCUT2D eigenvalue weighted by atomic mass is 9.97. The van der Waals surface area contributed by atoms with Crippen LogP contribution in [-0.4, -0.2) is 11.0 Å². The molecule has 0 aliphatic carbocycles. The molecule has 0 aliphatic heterocycles. The molecule has 0 aliphatic rings. The molecule has 3 nitrogen and oxygen atoms in total. The lowest BCUT2D eigenvalue weighted by Crippen LogP contribution is -2.14. The standard InChI is InChI=1S/C19H18FNO2/c1-3-8-18(17-11-6-7-12-21-17)23-19(22)13-14(2)15-9-4-5-10-16(15)20/h1,4-7,9-12,14,18H,8,13H2,2H3/t14-,18-/m1/s1. The van der Waals surface area contributed by atoms with Crippen molar-refractivity contribution in [2.45, 2.75) is 31.8 Å². The largest absolute Gasteiger partial charge is 0.455 e. The molecule has 1 aromatic carbocycles. The summed E-state index contributed by atoms with van der Waals surface area (Å²) >= 11 is 0. The van der Waals surface area contributed by atoms with Gasteiger partial charge in [0.25, 0.3) is 0 Å².